The summed E-state index contributed by atoms with van der Waals surface area (Å²) in [6, 6.07) is 5.02. The zero-order chi connectivity index (χ0) is 13.9. The van der Waals surface area contributed by atoms with E-state index >= 15 is 0 Å². The standard InChI is InChI=1S/C13H20N2O3S/c1-10-4-5-13(7-11(10)8-14)19(16,17)15-9-12-3-2-6-18-12/h4-5,7,12,15H,2-3,6,8-9,14H2,1H3. The lowest BCUT2D eigenvalue weighted by molar-refractivity contribution is 0.114. The minimum absolute atomic E-state index is 0.00537. The summed E-state index contributed by atoms with van der Waals surface area (Å²) < 4.78 is 32.3. The average molecular weight is 284 g/mol. The summed E-state index contributed by atoms with van der Waals surface area (Å²) in [5.41, 5.74) is 7.45. The number of nitrogens with one attached hydrogen (secondary N) is 1. The average Bonchev–Trinajstić information content (AvgIpc) is 2.90. The van der Waals surface area contributed by atoms with Gasteiger partial charge in [0.1, 0.15) is 0 Å². The Bertz CT molecular complexity index is 537. The molecule has 2 rings (SSSR count). The molecule has 1 aliphatic heterocycles. The first-order chi connectivity index (χ1) is 9.03. The van der Waals surface area contributed by atoms with Crippen LogP contribution in [0.2, 0.25) is 0 Å². The van der Waals surface area contributed by atoms with Gasteiger partial charge in [-0.1, -0.05) is 6.07 Å². The van der Waals surface area contributed by atoms with Gasteiger partial charge in [-0.25, -0.2) is 13.1 Å². The summed E-state index contributed by atoms with van der Waals surface area (Å²) in [7, 11) is -3.48. The van der Waals surface area contributed by atoms with Gasteiger partial charge in [0.2, 0.25) is 10.0 Å². The van der Waals surface area contributed by atoms with E-state index in [0.29, 0.717) is 19.7 Å². The second-order valence-corrected chi connectivity index (χ2v) is 6.55. The van der Waals surface area contributed by atoms with Crippen LogP contribution in [-0.2, 0) is 21.3 Å². The molecule has 0 aromatic heterocycles. The van der Waals surface area contributed by atoms with Crippen molar-refractivity contribution >= 4 is 10.0 Å². The van der Waals surface area contributed by atoms with E-state index in [1.54, 1.807) is 18.2 Å². The molecule has 0 bridgehead atoms. The Kier molecular flexibility index (Phi) is 4.57. The molecule has 5 nitrogen and oxygen atoms in total. The number of aryl methyl sites for hydroxylation is 1. The molecule has 0 amide bonds. The van der Waals surface area contributed by atoms with E-state index in [1.807, 2.05) is 6.92 Å². The Balaban J connectivity index is 2.10. The van der Waals surface area contributed by atoms with E-state index < -0.39 is 10.0 Å². The first-order valence-electron chi connectivity index (χ1n) is 6.44. The third-order valence-corrected chi connectivity index (χ3v) is 4.80. The van der Waals surface area contributed by atoms with E-state index in [9.17, 15) is 8.42 Å². The Morgan fingerprint density at radius 3 is 2.89 bits per heavy atom. The fourth-order valence-electron chi connectivity index (χ4n) is 2.13. The van der Waals surface area contributed by atoms with Gasteiger partial charge in [-0.05, 0) is 43.0 Å². The molecule has 0 aliphatic carbocycles. The Hall–Kier alpha value is -0.950. The van der Waals surface area contributed by atoms with Crippen molar-refractivity contribution in [3.05, 3.63) is 29.3 Å². The summed E-state index contributed by atoms with van der Waals surface area (Å²) in [6.45, 7) is 3.29. The van der Waals surface area contributed by atoms with Crippen LogP contribution < -0.4 is 10.5 Å². The number of ether oxygens (including phenoxy) is 1. The Morgan fingerprint density at radius 1 is 1.47 bits per heavy atom. The fourth-order valence-corrected chi connectivity index (χ4v) is 3.24. The molecule has 3 N–H and O–H groups in total. The Morgan fingerprint density at radius 2 is 2.26 bits per heavy atom. The third kappa shape index (κ3) is 3.54. The normalized spacial score (nSPS) is 19.8. The van der Waals surface area contributed by atoms with Crippen LogP contribution in [0.4, 0.5) is 0 Å². The number of rotatable bonds is 5. The predicted molar refractivity (Wildman–Crippen MR) is 73.2 cm³/mol. The second kappa shape index (κ2) is 6.00. The smallest absolute Gasteiger partial charge is 0.240 e. The van der Waals surface area contributed by atoms with Crippen molar-refractivity contribution in [1.82, 2.24) is 4.72 Å². The van der Waals surface area contributed by atoms with Gasteiger partial charge in [-0.3, -0.25) is 0 Å². The van der Waals surface area contributed by atoms with Crippen molar-refractivity contribution in [2.45, 2.75) is 37.3 Å². The van der Waals surface area contributed by atoms with Gasteiger partial charge in [-0.15, -0.1) is 0 Å². The van der Waals surface area contributed by atoms with Gasteiger partial charge in [0, 0.05) is 19.7 Å². The minimum atomic E-state index is -3.48. The zero-order valence-electron chi connectivity index (χ0n) is 11.1. The fraction of sp³-hybridized carbons (Fsp3) is 0.538. The monoisotopic (exact) mass is 284 g/mol. The maximum Gasteiger partial charge on any atom is 0.240 e. The molecule has 0 spiro atoms. The highest BCUT2D eigenvalue weighted by Gasteiger charge is 2.20. The van der Waals surface area contributed by atoms with E-state index in [1.165, 1.54) is 0 Å². The van der Waals surface area contributed by atoms with Gasteiger partial charge in [-0.2, -0.15) is 0 Å². The third-order valence-electron chi connectivity index (χ3n) is 3.38. The summed E-state index contributed by atoms with van der Waals surface area (Å²) in [5.74, 6) is 0. The highest BCUT2D eigenvalue weighted by atomic mass is 32.2. The molecule has 19 heavy (non-hydrogen) atoms. The lowest BCUT2D eigenvalue weighted by Gasteiger charge is -2.12. The SMILES string of the molecule is Cc1ccc(S(=O)(=O)NCC2CCCO2)cc1CN. The van der Waals surface area contributed by atoms with Crippen LogP contribution in [0.1, 0.15) is 24.0 Å². The molecule has 1 aliphatic rings. The molecule has 1 heterocycles. The van der Waals surface area contributed by atoms with E-state index in [2.05, 4.69) is 4.72 Å². The highest BCUT2D eigenvalue weighted by molar-refractivity contribution is 7.89. The molecule has 0 radical (unpaired) electrons. The maximum absolute atomic E-state index is 12.2. The van der Waals surface area contributed by atoms with Crippen molar-refractivity contribution < 1.29 is 13.2 Å². The molecule has 1 aromatic rings. The summed E-state index contributed by atoms with van der Waals surface area (Å²) in [6.07, 6.45) is 1.90. The topological polar surface area (TPSA) is 81.4 Å². The van der Waals surface area contributed by atoms with Crippen LogP contribution in [0.5, 0.6) is 0 Å². The molecule has 1 atom stereocenters. The van der Waals surface area contributed by atoms with Crippen LogP contribution in [-0.4, -0.2) is 27.7 Å². The first kappa shape index (κ1) is 14.5. The number of nitrogens with two attached hydrogens (primary N) is 1. The second-order valence-electron chi connectivity index (χ2n) is 4.78. The number of benzene rings is 1. The van der Waals surface area contributed by atoms with Gasteiger partial charge >= 0.3 is 0 Å². The first-order valence-corrected chi connectivity index (χ1v) is 7.92. The molecule has 6 heteroatoms. The minimum Gasteiger partial charge on any atom is -0.377 e. The van der Waals surface area contributed by atoms with Crippen molar-refractivity contribution in [3.8, 4) is 0 Å². The van der Waals surface area contributed by atoms with Crippen molar-refractivity contribution in [1.29, 1.82) is 0 Å². The lowest BCUT2D eigenvalue weighted by Crippen LogP contribution is -2.31. The highest BCUT2D eigenvalue weighted by Crippen LogP contribution is 2.16. The van der Waals surface area contributed by atoms with Crippen LogP contribution in [0, 0.1) is 6.92 Å². The molecular weight excluding hydrogens is 264 g/mol. The van der Waals surface area contributed by atoms with Crippen LogP contribution in [0.15, 0.2) is 23.1 Å². The van der Waals surface area contributed by atoms with Gasteiger partial charge < -0.3 is 10.5 Å². The van der Waals surface area contributed by atoms with Crippen molar-refractivity contribution in [3.63, 3.8) is 0 Å². The van der Waals surface area contributed by atoms with Crippen molar-refractivity contribution in [2.24, 2.45) is 5.73 Å². The van der Waals surface area contributed by atoms with Crippen LogP contribution >= 0.6 is 0 Å². The molecule has 1 saturated heterocycles. The molecule has 1 fully saturated rings. The predicted octanol–water partition coefficient (Wildman–Crippen LogP) is 0.911. The quantitative estimate of drug-likeness (QED) is 0.842. The number of hydrogen-bond acceptors (Lipinski definition) is 4. The molecular formula is C13H20N2O3S. The number of hydrogen-bond donors (Lipinski definition) is 2. The van der Waals surface area contributed by atoms with E-state index in [0.717, 1.165) is 24.0 Å². The lowest BCUT2D eigenvalue weighted by atomic mass is 10.1. The number of sulfonamides is 1. The zero-order valence-corrected chi connectivity index (χ0v) is 11.9. The molecule has 1 aromatic carbocycles. The van der Waals surface area contributed by atoms with E-state index in [4.69, 9.17) is 10.5 Å². The summed E-state index contributed by atoms with van der Waals surface area (Å²) >= 11 is 0. The van der Waals surface area contributed by atoms with Crippen LogP contribution in [0.3, 0.4) is 0 Å². The van der Waals surface area contributed by atoms with E-state index in [-0.39, 0.29) is 11.0 Å². The summed E-state index contributed by atoms with van der Waals surface area (Å²) in [4.78, 5) is 0.261. The van der Waals surface area contributed by atoms with Gasteiger partial charge in [0.25, 0.3) is 0 Å². The molecule has 0 saturated carbocycles. The molecule has 1 unspecified atom stereocenters. The largest absolute Gasteiger partial charge is 0.377 e. The Labute approximate surface area is 114 Å². The van der Waals surface area contributed by atoms with Gasteiger partial charge in [0.05, 0.1) is 11.0 Å². The van der Waals surface area contributed by atoms with Gasteiger partial charge in [0.15, 0.2) is 0 Å². The maximum atomic E-state index is 12.2. The molecule has 106 valence electrons. The summed E-state index contributed by atoms with van der Waals surface area (Å²) in [5, 5.41) is 0. The van der Waals surface area contributed by atoms with Crippen LogP contribution in [0.25, 0.3) is 0 Å². The van der Waals surface area contributed by atoms with Crippen molar-refractivity contribution in [2.75, 3.05) is 13.2 Å².